The van der Waals surface area contributed by atoms with Crippen LogP contribution in [0.2, 0.25) is 0 Å². The van der Waals surface area contributed by atoms with Gasteiger partial charge in [0.1, 0.15) is 17.0 Å². The molecule has 0 spiro atoms. The highest BCUT2D eigenvalue weighted by Gasteiger charge is 2.22. The van der Waals surface area contributed by atoms with Crippen LogP contribution in [0, 0.1) is 5.82 Å². The fourth-order valence-corrected chi connectivity index (χ4v) is 4.30. The molecule has 0 aliphatic rings. The molecule has 10 nitrogen and oxygen atoms in total. The summed E-state index contributed by atoms with van der Waals surface area (Å²) in [5.74, 6) is -0.302. The van der Waals surface area contributed by atoms with Gasteiger partial charge in [0.25, 0.3) is 0 Å². The van der Waals surface area contributed by atoms with Crippen LogP contribution in [0.3, 0.4) is 0 Å². The number of nitrogens with one attached hydrogen (secondary N) is 3. The van der Waals surface area contributed by atoms with E-state index >= 15 is 4.39 Å². The van der Waals surface area contributed by atoms with Crippen LogP contribution in [-0.4, -0.2) is 46.0 Å². The molecule has 188 valence electrons. The van der Waals surface area contributed by atoms with Gasteiger partial charge >= 0.3 is 0 Å². The van der Waals surface area contributed by atoms with E-state index in [1.165, 1.54) is 18.6 Å². The Morgan fingerprint density at radius 2 is 1.95 bits per heavy atom. The summed E-state index contributed by atoms with van der Waals surface area (Å²) in [4.78, 5) is 37.4. The van der Waals surface area contributed by atoms with Gasteiger partial charge in [0.15, 0.2) is 17.1 Å². The van der Waals surface area contributed by atoms with Crippen molar-refractivity contribution in [1.82, 2.24) is 40.1 Å². The maximum Gasteiger partial charge on any atom is 0.224 e. The molecule has 0 fully saturated rings. The van der Waals surface area contributed by atoms with Crippen molar-refractivity contribution in [2.24, 2.45) is 0 Å². The van der Waals surface area contributed by atoms with E-state index in [1.807, 2.05) is 31.2 Å². The number of halogens is 1. The number of hydrogen-bond donors (Lipinski definition) is 3. The van der Waals surface area contributed by atoms with Crippen molar-refractivity contribution in [3.63, 3.8) is 0 Å². The first-order chi connectivity index (χ1) is 18.6. The topological polar surface area (TPSA) is 138 Å². The first-order valence-corrected chi connectivity index (χ1v) is 12.2. The van der Waals surface area contributed by atoms with E-state index in [-0.39, 0.29) is 28.2 Å². The van der Waals surface area contributed by atoms with E-state index in [2.05, 4.69) is 40.4 Å². The van der Waals surface area contributed by atoms with Crippen LogP contribution in [0.15, 0.2) is 61.3 Å². The second-order valence-corrected chi connectivity index (χ2v) is 8.75. The highest BCUT2D eigenvalue weighted by molar-refractivity contribution is 5.96. The van der Waals surface area contributed by atoms with Crippen molar-refractivity contribution in [1.29, 1.82) is 0 Å². The molecule has 0 saturated heterocycles. The number of imidazole rings is 1. The zero-order chi connectivity index (χ0) is 26.1. The average molecular weight is 508 g/mol. The monoisotopic (exact) mass is 507 g/mol. The Bertz CT molecular complexity index is 1780. The van der Waals surface area contributed by atoms with Gasteiger partial charge in [-0.05, 0) is 30.7 Å². The van der Waals surface area contributed by atoms with Gasteiger partial charge in [0, 0.05) is 47.9 Å². The summed E-state index contributed by atoms with van der Waals surface area (Å²) in [6.45, 7) is 2.02. The summed E-state index contributed by atoms with van der Waals surface area (Å²) in [6, 6.07) is 9.13. The second-order valence-electron chi connectivity index (χ2n) is 8.75. The maximum absolute atomic E-state index is 16.0. The number of hydrogen-bond acceptors (Lipinski definition) is 7. The zero-order valence-electron chi connectivity index (χ0n) is 20.4. The van der Waals surface area contributed by atoms with E-state index in [0.717, 1.165) is 24.1 Å². The minimum absolute atomic E-state index is 0.111. The minimum atomic E-state index is -0.534. The van der Waals surface area contributed by atoms with Crippen LogP contribution in [0.5, 0.6) is 0 Å². The van der Waals surface area contributed by atoms with Gasteiger partial charge in [-0.3, -0.25) is 19.9 Å². The Balaban J connectivity index is 1.41. The number of unbranched alkanes of at least 4 members (excludes halogenated alkanes) is 1. The van der Waals surface area contributed by atoms with Gasteiger partial charge in [-0.25, -0.2) is 19.3 Å². The van der Waals surface area contributed by atoms with Crippen molar-refractivity contribution in [2.45, 2.75) is 26.2 Å². The van der Waals surface area contributed by atoms with Crippen LogP contribution in [-0.2, 0) is 4.79 Å². The molecule has 1 amide bonds. The summed E-state index contributed by atoms with van der Waals surface area (Å²) in [5.41, 5.74) is 4.39. The van der Waals surface area contributed by atoms with Crippen molar-refractivity contribution < 1.29 is 9.18 Å². The minimum Gasteiger partial charge on any atom is -0.325 e. The Kier molecular flexibility index (Phi) is 6.00. The molecule has 6 rings (SSSR count). The number of rotatable bonds is 7. The van der Waals surface area contributed by atoms with Gasteiger partial charge < -0.3 is 10.3 Å². The molecule has 6 aromatic rings. The molecule has 0 bridgehead atoms. The lowest BCUT2D eigenvalue weighted by molar-refractivity contribution is -0.116. The Morgan fingerprint density at radius 1 is 1.03 bits per heavy atom. The van der Waals surface area contributed by atoms with Crippen LogP contribution >= 0.6 is 0 Å². The summed E-state index contributed by atoms with van der Waals surface area (Å²) in [6.07, 6.45) is 9.96. The van der Waals surface area contributed by atoms with Crippen LogP contribution in [0.1, 0.15) is 26.2 Å². The number of H-pyrrole nitrogens is 2. The molecule has 0 unspecified atom stereocenters. The van der Waals surface area contributed by atoms with Gasteiger partial charge in [-0.15, -0.1) is 0 Å². The van der Waals surface area contributed by atoms with Gasteiger partial charge in [-0.1, -0.05) is 19.4 Å². The quantitative estimate of drug-likeness (QED) is 0.267. The molecule has 6 aromatic heterocycles. The number of fused-ring (bicyclic) bond motifs is 2. The third-order valence-corrected chi connectivity index (χ3v) is 6.17. The molecule has 0 aliphatic carbocycles. The molecule has 6 heterocycles. The number of carbonyl (C=O) groups excluding carboxylic acids is 1. The van der Waals surface area contributed by atoms with Gasteiger partial charge in [-0.2, -0.15) is 5.10 Å². The summed E-state index contributed by atoms with van der Waals surface area (Å²) >= 11 is 0. The van der Waals surface area contributed by atoms with Crippen molar-refractivity contribution >= 4 is 33.8 Å². The van der Waals surface area contributed by atoms with Crippen molar-refractivity contribution in [3.8, 4) is 33.9 Å². The van der Waals surface area contributed by atoms with E-state index in [9.17, 15) is 4.79 Å². The number of pyridine rings is 4. The molecule has 38 heavy (non-hydrogen) atoms. The highest BCUT2D eigenvalue weighted by atomic mass is 19.1. The number of carbonyl (C=O) groups is 1. The summed E-state index contributed by atoms with van der Waals surface area (Å²) in [7, 11) is 0. The number of nitrogens with zero attached hydrogens (tertiary/aromatic N) is 6. The molecular weight excluding hydrogens is 485 g/mol. The third kappa shape index (κ3) is 4.23. The maximum atomic E-state index is 16.0. The predicted molar refractivity (Wildman–Crippen MR) is 141 cm³/mol. The molecule has 0 atom stereocenters. The average Bonchev–Trinajstić information content (AvgIpc) is 3.57. The number of aromatic amines is 2. The third-order valence-electron chi connectivity index (χ3n) is 6.17. The number of anilines is 1. The predicted octanol–water partition coefficient (Wildman–Crippen LogP) is 5.29. The van der Waals surface area contributed by atoms with E-state index in [4.69, 9.17) is 4.98 Å². The molecular formula is C27H22FN9O. The lowest BCUT2D eigenvalue weighted by Gasteiger charge is -2.08. The standard InChI is InChI=1S/C27H22FN9O/c1-2-3-7-20(38)33-16-11-15(12-29-13-16)18-14-32-25-21(22(18)28)24(36-37-25)27-34-23-17(8-10-31-26(23)35-27)19-6-4-5-9-30-19/h4-6,8-14H,2-3,7H2,1H3,(H,33,38)(H,31,34,35)(H,32,36,37). The number of aromatic nitrogens is 8. The Labute approximate surface area is 215 Å². The fourth-order valence-electron chi connectivity index (χ4n) is 4.30. The molecule has 0 radical (unpaired) electrons. The SMILES string of the molecule is CCCCC(=O)Nc1cncc(-c2cnc3[nH]nc(-c4nc5c(-c6ccccn6)ccnc5[nH]4)c3c2F)c1. The Morgan fingerprint density at radius 3 is 2.79 bits per heavy atom. The lowest BCUT2D eigenvalue weighted by atomic mass is 10.1. The molecule has 0 aliphatic heterocycles. The largest absolute Gasteiger partial charge is 0.325 e. The highest BCUT2D eigenvalue weighted by Crippen LogP contribution is 2.34. The smallest absolute Gasteiger partial charge is 0.224 e. The molecule has 11 heteroatoms. The fraction of sp³-hybridized carbons (Fsp3) is 0.148. The van der Waals surface area contributed by atoms with Crippen molar-refractivity contribution in [2.75, 3.05) is 5.32 Å². The van der Waals surface area contributed by atoms with Crippen molar-refractivity contribution in [3.05, 3.63) is 67.1 Å². The number of amides is 1. The zero-order valence-corrected chi connectivity index (χ0v) is 20.4. The molecule has 0 aromatic carbocycles. The lowest BCUT2D eigenvalue weighted by Crippen LogP contribution is -2.11. The Hall–Kier alpha value is -5.06. The molecule has 0 saturated carbocycles. The van der Waals surface area contributed by atoms with Crippen LogP contribution < -0.4 is 5.32 Å². The normalized spacial score (nSPS) is 11.3. The van der Waals surface area contributed by atoms with Gasteiger partial charge in [0.05, 0.1) is 23.0 Å². The van der Waals surface area contributed by atoms with Gasteiger partial charge in [0.2, 0.25) is 5.91 Å². The first-order valence-electron chi connectivity index (χ1n) is 12.2. The summed E-state index contributed by atoms with van der Waals surface area (Å²) in [5, 5.41) is 10.1. The van der Waals surface area contributed by atoms with E-state index in [1.54, 1.807) is 18.5 Å². The van der Waals surface area contributed by atoms with E-state index < -0.39 is 5.82 Å². The van der Waals surface area contributed by atoms with E-state index in [0.29, 0.717) is 34.7 Å². The van der Waals surface area contributed by atoms with Crippen LogP contribution in [0.4, 0.5) is 10.1 Å². The second kappa shape index (κ2) is 9.77. The van der Waals surface area contributed by atoms with Crippen LogP contribution in [0.25, 0.3) is 56.1 Å². The first kappa shape index (κ1) is 23.3. The molecule has 3 N–H and O–H groups in total. The summed E-state index contributed by atoms with van der Waals surface area (Å²) < 4.78 is 16.0.